The Morgan fingerprint density at radius 2 is 1.88 bits per heavy atom. The molecule has 0 aliphatic carbocycles. The van der Waals surface area contributed by atoms with E-state index in [0.29, 0.717) is 5.69 Å². The number of carbonyl (C=O) groups excluding carboxylic acids is 1. The summed E-state index contributed by atoms with van der Waals surface area (Å²) in [5.41, 5.74) is 0.623. The highest BCUT2D eigenvalue weighted by Gasteiger charge is 2.37. The maximum atomic E-state index is 12.7. The van der Waals surface area contributed by atoms with Crippen LogP contribution in [0.4, 0.5) is 18.9 Å². The molecule has 0 fully saturated rings. The van der Waals surface area contributed by atoms with Crippen molar-refractivity contribution in [3.63, 3.8) is 0 Å². The van der Waals surface area contributed by atoms with Crippen molar-refractivity contribution in [2.45, 2.75) is 11.3 Å². The topological polar surface area (TPSA) is 59.8 Å². The lowest BCUT2D eigenvalue weighted by molar-refractivity contribution is -0.147. The smallest absolute Gasteiger partial charge is 0.325 e. The number of fused-ring (bicyclic) bond motifs is 1. The van der Waals surface area contributed by atoms with Crippen LogP contribution in [-0.4, -0.2) is 26.4 Å². The van der Waals surface area contributed by atoms with Crippen LogP contribution >= 0.6 is 11.8 Å². The predicted octanol–water partition coefficient (Wildman–Crippen LogP) is 3.72. The zero-order chi connectivity index (χ0) is 18.0. The molecule has 25 heavy (non-hydrogen) atoms. The highest BCUT2D eigenvalue weighted by atomic mass is 32.2. The average molecular weight is 366 g/mol. The number of amides is 1. The van der Waals surface area contributed by atoms with Crippen LogP contribution in [0.15, 0.2) is 47.6 Å². The number of carbonyl (C=O) groups is 1. The van der Waals surface area contributed by atoms with Gasteiger partial charge in [0.1, 0.15) is 0 Å². The second-order valence-electron chi connectivity index (χ2n) is 5.26. The van der Waals surface area contributed by atoms with Gasteiger partial charge in [-0.05, 0) is 22.9 Å². The van der Waals surface area contributed by atoms with E-state index < -0.39 is 12.0 Å². The summed E-state index contributed by atoms with van der Waals surface area (Å²) in [6, 6.07) is 13.2. The van der Waals surface area contributed by atoms with E-state index in [1.807, 2.05) is 36.4 Å². The minimum absolute atomic E-state index is 0.0287. The van der Waals surface area contributed by atoms with Crippen LogP contribution in [0, 0.1) is 0 Å². The Kier molecular flexibility index (Phi) is 4.67. The fraction of sp³-hybridized carbons (Fsp3) is 0.188. The number of aromatic nitrogens is 3. The number of nitrogens with one attached hydrogen (secondary N) is 1. The standard InChI is InChI=1S/C16H13F3N4OS/c1-23-14(16(17,18)19)21-22-15(23)25-9-13(24)20-12-7-6-10-4-2-3-5-11(10)8-12/h2-8H,9H2,1H3,(H,20,24). The van der Waals surface area contributed by atoms with E-state index in [0.717, 1.165) is 27.1 Å². The average Bonchev–Trinajstić information content (AvgIpc) is 2.94. The van der Waals surface area contributed by atoms with E-state index in [2.05, 4.69) is 15.5 Å². The molecule has 130 valence electrons. The van der Waals surface area contributed by atoms with Crippen molar-refractivity contribution < 1.29 is 18.0 Å². The molecule has 1 amide bonds. The molecule has 1 aromatic heterocycles. The molecule has 9 heteroatoms. The fourth-order valence-corrected chi connectivity index (χ4v) is 2.99. The van der Waals surface area contributed by atoms with Gasteiger partial charge in [0.2, 0.25) is 11.7 Å². The normalized spacial score (nSPS) is 11.7. The molecule has 0 unspecified atom stereocenters. The number of rotatable bonds is 4. The Bertz CT molecular complexity index is 923. The molecule has 1 heterocycles. The summed E-state index contributed by atoms with van der Waals surface area (Å²) in [5, 5.41) is 11.4. The largest absolute Gasteiger partial charge is 0.451 e. The molecule has 0 saturated carbocycles. The molecule has 0 aliphatic rings. The Morgan fingerprint density at radius 1 is 1.16 bits per heavy atom. The monoisotopic (exact) mass is 366 g/mol. The van der Waals surface area contributed by atoms with Gasteiger partial charge in [0, 0.05) is 12.7 Å². The van der Waals surface area contributed by atoms with Crippen molar-refractivity contribution in [3.8, 4) is 0 Å². The van der Waals surface area contributed by atoms with Crippen molar-refractivity contribution in [1.29, 1.82) is 0 Å². The van der Waals surface area contributed by atoms with Gasteiger partial charge in [0.05, 0.1) is 5.75 Å². The molecule has 0 radical (unpaired) electrons. The minimum atomic E-state index is -4.58. The highest BCUT2D eigenvalue weighted by Crippen LogP contribution is 2.29. The third-order valence-electron chi connectivity index (χ3n) is 3.45. The molecule has 0 bridgehead atoms. The third kappa shape index (κ3) is 3.93. The molecule has 3 aromatic rings. The van der Waals surface area contributed by atoms with Gasteiger partial charge in [-0.1, -0.05) is 42.1 Å². The highest BCUT2D eigenvalue weighted by molar-refractivity contribution is 7.99. The fourth-order valence-electron chi connectivity index (χ4n) is 2.28. The lowest BCUT2D eigenvalue weighted by Gasteiger charge is -2.07. The number of hydrogen-bond acceptors (Lipinski definition) is 4. The minimum Gasteiger partial charge on any atom is -0.325 e. The number of nitrogens with zero attached hydrogens (tertiary/aromatic N) is 3. The molecular formula is C16H13F3N4OS. The Labute approximate surface area is 145 Å². The molecule has 0 spiro atoms. The van der Waals surface area contributed by atoms with Crippen LogP contribution in [0.1, 0.15) is 5.82 Å². The maximum Gasteiger partial charge on any atom is 0.451 e. The zero-order valence-corrected chi connectivity index (χ0v) is 13.9. The van der Waals surface area contributed by atoms with E-state index in [4.69, 9.17) is 0 Å². The van der Waals surface area contributed by atoms with Gasteiger partial charge in [-0.25, -0.2) is 0 Å². The second kappa shape index (κ2) is 6.75. The number of halogens is 3. The summed E-state index contributed by atoms with van der Waals surface area (Å²) >= 11 is 0.892. The van der Waals surface area contributed by atoms with Crippen molar-refractivity contribution in [1.82, 2.24) is 14.8 Å². The quantitative estimate of drug-likeness (QED) is 0.715. The summed E-state index contributed by atoms with van der Waals surface area (Å²) in [6.07, 6.45) is -4.58. The molecule has 0 atom stereocenters. The molecule has 2 aromatic carbocycles. The molecule has 0 aliphatic heterocycles. The van der Waals surface area contributed by atoms with Gasteiger partial charge in [-0.15, -0.1) is 10.2 Å². The van der Waals surface area contributed by atoms with E-state index in [9.17, 15) is 18.0 Å². The van der Waals surface area contributed by atoms with Crippen LogP contribution in [0.5, 0.6) is 0 Å². The van der Waals surface area contributed by atoms with Crippen LogP contribution < -0.4 is 5.32 Å². The SMILES string of the molecule is Cn1c(SCC(=O)Nc2ccc3ccccc3c2)nnc1C(F)(F)F. The van der Waals surface area contributed by atoms with Gasteiger partial charge < -0.3 is 9.88 Å². The molecule has 5 nitrogen and oxygen atoms in total. The van der Waals surface area contributed by atoms with Crippen molar-refractivity contribution in [2.24, 2.45) is 7.05 Å². The van der Waals surface area contributed by atoms with Gasteiger partial charge in [-0.2, -0.15) is 13.2 Å². The number of thioether (sulfide) groups is 1. The summed E-state index contributed by atoms with van der Waals surface area (Å²) in [6.45, 7) is 0. The first-order valence-corrected chi connectivity index (χ1v) is 8.21. The van der Waals surface area contributed by atoms with E-state index in [1.165, 1.54) is 7.05 Å². The number of hydrogen-bond donors (Lipinski definition) is 1. The van der Waals surface area contributed by atoms with E-state index in [1.54, 1.807) is 6.07 Å². The van der Waals surface area contributed by atoms with Gasteiger partial charge in [0.15, 0.2) is 5.16 Å². The zero-order valence-electron chi connectivity index (χ0n) is 13.0. The summed E-state index contributed by atoms with van der Waals surface area (Å²) < 4.78 is 38.8. The summed E-state index contributed by atoms with van der Waals surface area (Å²) in [5.74, 6) is -1.50. The third-order valence-corrected chi connectivity index (χ3v) is 4.47. The van der Waals surface area contributed by atoms with Crippen LogP contribution in [-0.2, 0) is 18.0 Å². The Morgan fingerprint density at radius 3 is 2.56 bits per heavy atom. The number of benzene rings is 2. The van der Waals surface area contributed by atoms with Crippen LogP contribution in [0.2, 0.25) is 0 Å². The first-order valence-electron chi connectivity index (χ1n) is 7.22. The van der Waals surface area contributed by atoms with Crippen molar-refractivity contribution in [3.05, 3.63) is 48.3 Å². The second-order valence-corrected chi connectivity index (χ2v) is 6.20. The number of alkyl halides is 3. The van der Waals surface area contributed by atoms with Crippen molar-refractivity contribution >= 4 is 34.1 Å². The van der Waals surface area contributed by atoms with E-state index in [-0.39, 0.29) is 16.8 Å². The molecule has 0 saturated heterocycles. The first kappa shape index (κ1) is 17.3. The molecular weight excluding hydrogens is 353 g/mol. The lowest BCUT2D eigenvalue weighted by atomic mass is 10.1. The van der Waals surface area contributed by atoms with Gasteiger partial charge in [0.25, 0.3) is 0 Å². The maximum absolute atomic E-state index is 12.7. The Balaban J connectivity index is 1.64. The van der Waals surface area contributed by atoms with E-state index >= 15 is 0 Å². The lowest BCUT2D eigenvalue weighted by Crippen LogP contribution is -2.15. The molecule has 3 rings (SSSR count). The van der Waals surface area contributed by atoms with Crippen LogP contribution in [0.25, 0.3) is 10.8 Å². The summed E-state index contributed by atoms with van der Waals surface area (Å²) in [7, 11) is 1.21. The first-order chi connectivity index (χ1) is 11.8. The predicted molar refractivity (Wildman–Crippen MR) is 89.3 cm³/mol. The Hall–Kier alpha value is -2.55. The number of anilines is 1. The van der Waals surface area contributed by atoms with Gasteiger partial charge >= 0.3 is 6.18 Å². The molecule has 1 N–H and O–H groups in total. The van der Waals surface area contributed by atoms with Gasteiger partial charge in [-0.3, -0.25) is 4.79 Å². The van der Waals surface area contributed by atoms with Crippen molar-refractivity contribution in [2.75, 3.05) is 11.1 Å². The van der Waals surface area contributed by atoms with Crippen LogP contribution in [0.3, 0.4) is 0 Å². The summed E-state index contributed by atoms with van der Waals surface area (Å²) in [4.78, 5) is 12.0.